The van der Waals surface area contributed by atoms with Crippen molar-refractivity contribution in [1.29, 1.82) is 0 Å². The first-order chi connectivity index (χ1) is 34.3. The first kappa shape index (κ1) is 44.8. The second-order valence-electron chi connectivity index (χ2n) is 16.0. The molecule has 7 aromatic carbocycles. The van der Waals surface area contributed by atoms with E-state index in [1.54, 1.807) is 0 Å². The lowest BCUT2D eigenvalue weighted by Crippen LogP contribution is -2.09. The van der Waals surface area contributed by atoms with Crippen LogP contribution in [0.4, 0.5) is 34.1 Å². The number of aromatic nitrogens is 3. The highest BCUT2D eigenvalue weighted by atomic mass is 32.1. The molecule has 2 N–H and O–H groups in total. The summed E-state index contributed by atoms with van der Waals surface area (Å²) in [6, 6.07) is 69.7. The van der Waals surface area contributed by atoms with Crippen molar-refractivity contribution in [2.24, 2.45) is 0 Å². The van der Waals surface area contributed by atoms with Crippen LogP contribution in [0, 0.1) is 0 Å². The Kier molecular flexibility index (Phi) is 13.1. The van der Waals surface area contributed by atoms with Gasteiger partial charge in [0.2, 0.25) is 0 Å². The van der Waals surface area contributed by atoms with Gasteiger partial charge in [0.1, 0.15) is 0 Å². The van der Waals surface area contributed by atoms with Gasteiger partial charge < -0.3 is 20.0 Å². The summed E-state index contributed by atoms with van der Waals surface area (Å²) in [5, 5.41) is 19.8. The summed E-state index contributed by atoms with van der Waals surface area (Å²) in [4.78, 5) is 46.7. The fourth-order valence-corrected chi connectivity index (χ4v) is 9.57. The van der Waals surface area contributed by atoms with Crippen LogP contribution < -0.4 is 9.80 Å². The number of hydrogen-bond acceptors (Lipinski definition) is 9. The molecule has 0 spiro atoms. The van der Waals surface area contributed by atoms with Crippen LogP contribution in [0.25, 0.3) is 57.1 Å². The molecule has 0 saturated heterocycles. The number of anilines is 6. The van der Waals surface area contributed by atoms with E-state index >= 15 is 0 Å². The van der Waals surface area contributed by atoms with Crippen LogP contribution in [0.1, 0.15) is 41.6 Å². The maximum absolute atomic E-state index is 12.1. The molecule has 0 aliphatic carbocycles. The molecule has 0 aliphatic rings. The van der Waals surface area contributed by atoms with Crippen LogP contribution in [-0.4, -0.2) is 37.1 Å². The van der Waals surface area contributed by atoms with Gasteiger partial charge in [0.15, 0.2) is 17.5 Å². The van der Waals surface area contributed by atoms with Crippen molar-refractivity contribution in [2.75, 3.05) is 9.80 Å². The Morgan fingerprint density at radius 3 is 1.04 bits per heavy atom. The SMILES string of the molecule is O=C(O)c1cc(C(=O)O)cc(-c2nc(-c3ccc(/C=C/c4ccc(N(c5ccccc5)c5ccccc5)cc4)s3)nc(-c3ccc(/C=C/c4ccc(N(c5ccccc5)c5ccccc5)cc4)s3)n2)c1. The number of nitrogens with zero attached hydrogens (tertiary/aromatic N) is 5. The average molecular weight is 948 g/mol. The van der Waals surface area contributed by atoms with Gasteiger partial charge in [-0.3, -0.25) is 0 Å². The first-order valence-electron chi connectivity index (χ1n) is 22.3. The Hall–Kier alpha value is -9.03. The molecule has 0 radical (unpaired) electrons. The summed E-state index contributed by atoms with van der Waals surface area (Å²) in [6.45, 7) is 0. The number of hydrogen-bond donors (Lipinski definition) is 2. The molecule has 0 amide bonds. The standard InChI is InChI=1S/C59H41N5O4S2/c65-58(66)43-37-42(38-44(39-43)59(67)68)55-60-56(53-35-33-51(69-53)31-25-40-21-27-49(28-22-40)63(45-13-5-1-6-14-45)46-15-7-2-8-16-46)62-57(61-55)54-36-34-52(70-54)32-26-41-23-29-50(30-24-41)64(47-17-9-3-10-18-47)48-19-11-4-12-20-48/h1-39H,(H,65,66)(H,67,68)/b31-25+,32-26+. The number of carboxylic acids is 2. The summed E-state index contributed by atoms with van der Waals surface area (Å²) in [6.07, 6.45) is 8.20. The minimum Gasteiger partial charge on any atom is -0.478 e. The summed E-state index contributed by atoms with van der Waals surface area (Å²) in [5.74, 6) is -1.62. The highest BCUT2D eigenvalue weighted by Gasteiger charge is 2.19. The number of benzene rings is 7. The van der Waals surface area contributed by atoms with Gasteiger partial charge in [-0.15, -0.1) is 22.7 Å². The number of carbonyl (C=O) groups is 2. The topological polar surface area (TPSA) is 120 Å². The van der Waals surface area contributed by atoms with Crippen LogP contribution >= 0.6 is 22.7 Å². The monoisotopic (exact) mass is 947 g/mol. The second-order valence-corrected chi connectivity index (χ2v) is 18.2. The van der Waals surface area contributed by atoms with Gasteiger partial charge in [-0.25, -0.2) is 24.5 Å². The fraction of sp³-hybridized carbons (Fsp3) is 0. The van der Waals surface area contributed by atoms with E-state index in [4.69, 9.17) is 15.0 Å². The van der Waals surface area contributed by atoms with Gasteiger partial charge in [0.25, 0.3) is 0 Å². The Bertz CT molecular complexity index is 3180. The lowest BCUT2D eigenvalue weighted by molar-refractivity contribution is 0.0696. The van der Waals surface area contributed by atoms with Crippen molar-refractivity contribution in [2.45, 2.75) is 0 Å². The Morgan fingerprint density at radius 1 is 0.371 bits per heavy atom. The summed E-state index contributed by atoms with van der Waals surface area (Å²) in [5.41, 5.74) is 8.24. The highest BCUT2D eigenvalue weighted by Crippen LogP contribution is 2.37. The molecule has 338 valence electrons. The number of carboxylic acid groups (broad SMARTS) is 2. The molecule has 11 heteroatoms. The van der Waals surface area contributed by atoms with E-state index in [0.29, 0.717) is 11.6 Å². The first-order valence-corrected chi connectivity index (χ1v) is 23.9. The van der Waals surface area contributed by atoms with Crippen LogP contribution in [-0.2, 0) is 0 Å². The van der Waals surface area contributed by atoms with Crippen molar-refractivity contribution < 1.29 is 19.8 Å². The molecule has 9 nitrogen and oxygen atoms in total. The van der Waals surface area contributed by atoms with Crippen LogP contribution in [0.15, 0.2) is 212 Å². The lowest BCUT2D eigenvalue weighted by Gasteiger charge is -2.25. The minimum atomic E-state index is -1.26. The second kappa shape index (κ2) is 20.5. The third kappa shape index (κ3) is 10.3. The fourth-order valence-electron chi connectivity index (χ4n) is 7.88. The molecule has 10 rings (SSSR count). The van der Waals surface area contributed by atoms with E-state index in [2.05, 4.69) is 119 Å². The zero-order valence-electron chi connectivity index (χ0n) is 37.3. The molecule has 0 atom stereocenters. The minimum absolute atomic E-state index is 0.155. The molecular weight excluding hydrogens is 907 g/mol. The smallest absolute Gasteiger partial charge is 0.335 e. The number of thiophene rings is 2. The molecule has 3 heterocycles. The van der Waals surface area contributed by atoms with Gasteiger partial charge in [-0.2, -0.15) is 0 Å². The number of aromatic carboxylic acids is 2. The van der Waals surface area contributed by atoms with E-state index in [-0.39, 0.29) is 22.5 Å². The predicted molar refractivity (Wildman–Crippen MR) is 286 cm³/mol. The van der Waals surface area contributed by atoms with Gasteiger partial charge in [-0.1, -0.05) is 109 Å². The van der Waals surface area contributed by atoms with Crippen LogP contribution in [0.3, 0.4) is 0 Å². The quantitative estimate of drug-likeness (QED) is 0.103. The van der Waals surface area contributed by atoms with E-state index in [1.165, 1.54) is 34.8 Å². The number of rotatable bonds is 15. The molecule has 0 unspecified atom stereocenters. The lowest BCUT2D eigenvalue weighted by atomic mass is 10.0. The third-order valence-electron chi connectivity index (χ3n) is 11.3. The average Bonchev–Trinajstić information content (AvgIpc) is 4.10. The largest absolute Gasteiger partial charge is 0.478 e. The predicted octanol–water partition coefficient (Wildman–Crippen LogP) is 15.7. The van der Waals surface area contributed by atoms with Crippen LogP contribution in [0.2, 0.25) is 0 Å². The van der Waals surface area contributed by atoms with Crippen molar-refractivity contribution in [1.82, 2.24) is 15.0 Å². The normalized spacial score (nSPS) is 11.3. The van der Waals surface area contributed by atoms with E-state index in [1.807, 2.05) is 109 Å². The van der Waals surface area contributed by atoms with Crippen molar-refractivity contribution in [3.63, 3.8) is 0 Å². The summed E-state index contributed by atoms with van der Waals surface area (Å²) >= 11 is 2.99. The summed E-state index contributed by atoms with van der Waals surface area (Å²) in [7, 11) is 0. The van der Waals surface area contributed by atoms with E-state index in [9.17, 15) is 19.8 Å². The van der Waals surface area contributed by atoms with Crippen molar-refractivity contribution in [3.8, 4) is 32.8 Å². The van der Waals surface area contributed by atoms with E-state index in [0.717, 1.165) is 70.8 Å². The van der Waals surface area contributed by atoms with Crippen molar-refractivity contribution >= 4 is 93.0 Å². The molecule has 0 bridgehead atoms. The van der Waals surface area contributed by atoms with Gasteiger partial charge in [0.05, 0.1) is 20.9 Å². The maximum Gasteiger partial charge on any atom is 0.335 e. The molecule has 0 aliphatic heterocycles. The maximum atomic E-state index is 12.1. The molecule has 3 aromatic heterocycles. The Balaban J connectivity index is 0.928. The Morgan fingerprint density at radius 2 is 0.700 bits per heavy atom. The Labute approximate surface area is 412 Å². The zero-order chi connectivity index (χ0) is 47.8. The van der Waals surface area contributed by atoms with Gasteiger partial charge >= 0.3 is 11.9 Å². The number of para-hydroxylation sites is 4. The van der Waals surface area contributed by atoms with Crippen LogP contribution in [0.5, 0.6) is 0 Å². The molecule has 0 fully saturated rings. The van der Waals surface area contributed by atoms with Gasteiger partial charge in [0, 0.05) is 49.4 Å². The molecule has 10 aromatic rings. The third-order valence-corrected chi connectivity index (χ3v) is 13.3. The highest BCUT2D eigenvalue weighted by molar-refractivity contribution is 7.16. The zero-order valence-corrected chi connectivity index (χ0v) is 38.9. The van der Waals surface area contributed by atoms with Crippen molar-refractivity contribution in [3.05, 3.63) is 244 Å². The molecular formula is C59H41N5O4S2. The summed E-state index contributed by atoms with van der Waals surface area (Å²) < 4.78 is 0. The molecule has 70 heavy (non-hydrogen) atoms. The molecule has 0 saturated carbocycles. The van der Waals surface area contributed by atoms with E-state index < -0.39 is 11.9 Å². The van der Waals surface area contributed by atoms with Gasteiger partial charge in [-0.05, 0) is 139 Å².